The lowest BCUT2D eigenvalue weighted by Gasteiger charge is -2.42. The van der Waals surface area contributed by atoms with Gasteiger partial charge in [0.15, 0.2) is 0 Å². The molecule has 1 fully saturated rings. The number of aryl methyl sites for hydroxylation is 2. The second-order valence-corrected chi connectivity index (χ2v) is 6.37. The van der Waals surface area contributed by atoms with Crippen molar-refractivity contribution in [3.05, 3.63) is 29.3 Å². The van der Waals surface area contributed by atoms with E-state index < -0.39 is 5.97 Å². The number of carbonyl (C=O) groups excluding carboxylic acids is 1. The van der Waals surface area contributed by atoms with Gasteiger partial charge >= 0.3 is 12.0 Å². The number of hydrogen-bond donors (Lipinski definition) is 3. The van der Waals surface area contributed by atoms with Crippen LogP contribution in [0.5, 0.6) is 0 Å². The predicted octanol–water partition coefficient (Wildman–Crippen LogP) is 2.62. The molecule has 2 amide bonds. The molecule has 6 heteroatoms. The largest absolute Gasteiger partial charge is 0.480 e. The molecule has 0 unspecified atom stereocenters. The van der Waals surface area contributed by atoms with E-state index in [1.54, 1.807) is 0 Å². The standard InChI is InChI=1S/C18H27N3O3/c1-4-13-8-14(7-6-12(13)3)19-18(24)20-15-9-16(10-15)21(5-2)11-17(22)23/h6-8,15-16H,4-5,9-11H2,1-3H3,(H,22,23)(H2,19,20,24). The fourth-order valence-electron chi connectivity index (χ4n) is 3.16. The van der Waals surface area contributed by atoms with Gasteiger partial charge in [-0.3, -0.25) is 9.69 Å². The van der Waals surface area contributed by atoms with E-state index in [0.29, 0.717) is 6.54 Å². The fourth-order valence-corrected chi connectivity index (χ4v) is 3.16. The van der Waals surface area contributed by atoms with E-state index in [-0.39, 0.29) is 24.7 Å². The summed E-state index contributed by atoms with van der Waals surface area (Å²) < 4.78 is 0. The molecule has 1 saturated carbocycles. The molecule has 1 aromatic rings. The van der Waals surface area contributed by atoms with Crippen LogP contribution in [0.1, 0.15) is 37.8 Å². The molecule has 0 aromatic heterocycles. The molecule has 1 aliphatic carbocycles. The lowest BCUT2D eigenvalue weighted by molar-refractivity contribution is -0.139. The van der Waals surface area contributed by atoms with Gasteiger partial charge in [0.2, 0.25) is 0 Å². The van der Waals surface area contributed by atoms with E-state index in [9.17, 15) is 9.59 Å². The highest BCUT2D eigenvalue weighted by molar-refractivity contribution is 5.89. The molecule has 0 aliphatic heterocycles. The van der Waals surface area contributed by atoms with Crippen LogP contribution in [0.25, 0.3) is 0 Å². The molecular weight excluding hydrogens is 306 g/mol. The minimum absolute atomic E-state index is 0.0588. The molecule has 1 aromatic carbocycles. The number of carboxylic acid groups (broad SMARTS) is 1. The topological polar surface area (TPSA) is 81.7 Å². The number of hydrogen-bond acceptors (Lipinski definition) is 3. The van der Waals surface area contributed by atoms with Crippen molar-refractivity contribution in [2.75, 3.05) is 18.4 Å². The van der Waals surface area contributed by atoms with E-state index in [4.69, 9.17) is 5.11 Å². The maximum atomic E-state index is 12.1. The van der Waals surface area contributed by atoms with Gasteiger partial charge in [-0.2, -0.15) is 0 Å². The zero-order valence-corrected chi connectivity index (χ0v) is 14.6. The molecule has 0 atom stereocenters. The van der Waals surface area contributed by atoms with Crippen molar-refractivity contribution in [3.63, 3.8) is 0 Å². The normalized spacial score (nSPS) is 19.7. The van der Waals surface area contributed by atoms with E-state index in [2.05, 4.69) is 24.5 Å². The summed E-state index contributed by atoms with van der Waals surface area (Å²) in [6.07, 6.45) is 2.52. The van der Waals surface area contributed by atoms with E-state index >= 15 is 0 Å². The first-order valence-corrected chi connectivity index (χ1v) is 8.55. The third kappa shape index (κ3) is 4.71. The molecule has 6 nitrogen and oxygen atoms in total. The molecule has 24 heavy (non-hydrogen) atoms. The average molecular weight is 333 g/mol. The summed E-state index contributed by atoms with van der Waals surface area (Å²) in [4.78, 5) is 24.9. The van der Waals surface area contributed by atoms with Crippen molar-refractivity contribution in [3.8, 4) is 0 Å². The van der Waals surface area contributed by atoms with Crippen molar-refractivity contribution in [1.29, 1.82) is 0 Å². The molecule has 3 N–H and O–H groups in total. The van der Waals surface area contributed by atoms with Gasteiger partial charge in [-0.25, -0.2) is 4.79 Å². The van der Waals surface area contributed by atoms with Gasteiger partial charge < -0.3 is 15.7 Å². The first-order valence-electron chi connectivity index (χ1n) is 8.55. The van der Waals surface area contributed by atoms with Crippen LogP contribution in [0.15, 0.2) is 18.2 Å². The SMILES string of the molecule is CCc1cc(NC(=O)NC2CC(N(CC)CC(=O)O)C2)ccc1C. The summed E-state index contributed by atoms with van der Waals surface area (Å²) in [5.41, 5.74) is 3.25. The number of nitrogens with zero attached hydrogens (tertiary/aromatic N) is 1. The van der Waals surface area contributed by atoms with Crippen molar-refractivity contribution >= 4 is 17.7 Å². The molecule has 0 bridgehead atoms. The van der Waals surface area contributed by atoms with Crippen LogP contribution in [0.3, 0.4) is 0 Å². The number of likely N-dealkylation sites (N-methyl/N-ethyl adjacent to an activating group) is 1. The molecule has 0 heterocycles. The molecule has 132 valence electrons. The van der Waals surface area contributed by atoms with Gasteiger partial charge in [-0.15, -0.1) is 0 Å². The van der Waals surface area contributed by atoms with Gasteiger partial charge in [0.05, 0.1) is 6.54 Å². The Morgan fingerprint density at radius 2 is 2.00 bits per heavy atom. The van der Waals surface area contributed by atoms with Gasteiger partial charge in [0.25, 0.3) is 0 Å². The van der Waals surface area contributed by atoms with Crippen LogP contribution in [-0.4, -0.2) is 47.2 Å². The summed E-state index contributed by atoms with van der Waals surface area (Å²) >= 11 is 0. The number of rotatable bonds is 7. The van der Waals surface area contributed by atoms with Crippen molar-refractivity contribution in [1.82, 2.24) is 10.2 Å². The highest BCUT2D eigenvalue weighted by Gasteiger charge is 2.34. The van der Waals surface area contributed by atoms with Crippen molar-refractivity contribution in [2.24, 2.45) is 0 Å². The van der Waals surface area contributed by atoms with Crippen LogP contribution in [0, 0.1) is 6.92 Å². The maximum absolute atomic E-state index is 12.1. The third-order valence-corrected chi connectivity index (χ3v) is 4.70. The molecule has 0 saturated heterocycles. The van der Waals surface area contributed by atoms with Crippen molar-refractivity contribution in [2.45, 2.75) is 52.1 Å². The smallest absolute Gasteiger partial charge is 0.319 e. The lowest BCUT2D eigenvalue weighted by atomic mass is 9.85. The fraction of sp³-hybridized carbons (Fsp3) is 0.556. The number of amides is 2. The highest BCUT2D eigenvalue weighted by atomic mass is 16.4. The Morgan fingerprint density at radius 3 is 2.58 bits per heavy atom. The summed E-state index contributed by atoms with van der Waals surface area (Å²) in [7, 11) is 0. The summed E-state index contributed by atoms with van der Waals surface area (Å²) in [5, 5.41) is 14.7. The number of carboxylic acids is 1. The summed E-state index contributed by atoms with van der Waals surface area (Å²) in [6, 6.07) is 6.06. The van der Waals surface area contributed by atoms with Crippen LogP contribution >= 0.6 is 0 Å². The number of anilines is 1. The monoisotopic (exact) mass is 333 g/mol. The highest BCUT2D eigenvalue weighted by Crippen LogP contribution is 2.25. The second kappa shape index (κ2) is 8.15. The predicted molar refractivity (Wildman–Crippen MR) is 94.4 cm³/mol. The first-order chi connectivity index (χ1) is 11.4. The second-order valence-electron chi connectivity index (χ2n) is 6.37. The van der Waals surface area contributed by atoms with Crippen LogP contribution in [0.4, 0.5) is 10.5 Å². The quantitative estimate of drug-likeness (QED) is 0.716. The first kappa shape index (κ1) is 18.3. The molecule has 1 aliphatic rings. The Labute approximate surface area is 143 Å². The summed E-state index contributed by atoms with van der Waals surface area (Å²) in [6.45, 7) is 6.88. The van der Waals surface area contributed by atoms with Crippen LogP contribution < -0.4 is 10.6 Å². The number of benzene rings is 1. The van der Waals surface area contributed by atoms with E-state index in [0.717, 1.165) is 24.9 Å². The summed E-state index contributed by atoms with van der Waals surface area (Å²) in [5.74, 6) is -0.808. The minimum Gasteiger partial charge on any atom is -0.480 e. The Bertz CT molecular complexity index is 597. The van der Waals surface area contributed by atoms with Crippen LogP contribution in [-0.2, 0) is 11.2 Å². The van der Waals surface area contributed by atoms with Gasteiger partial charge in [0, 0.05) is 17.8 Å². The zero-order valence-electron chi connectivity index (χ0n) is 14.6. The Hall–Kier alpha value is -2.08. The molecular formula is C18H27N3O3. The lowest BCUT2D eigenvalue weighted by Crippen LogP contribution is -2.55. The third-order valence-electron chi connectivity index (χ3n) is 4.70. The average Bonchev–Trinajstić information content (AvgIpc) is 2.50. The van der Waals surface area contributed by atoms with Gasteiger partial charge in [-0.05, 0) is 56.0 Å². The van der Waals surface area contributed by atoms with Gasteiger partial charge in [-0.1, -0.05) is 19.9 Å². The Morgan fingerprint density at radius 1 is 1.29 bits per heavy atom. The number of urea groups is 1. The van der Waals surface area contributed by atoms with E-state index in [1.165, 1.54) is 11.1 Å². The number of carbonyl (C=O) groups is 2. The Kier molecular flexibility index (Phi) is 6.20. The number of aliphatic carboxylic acids is 1. The van der Waals surface area contributed by atoms with Gasteiger partial charge in [0.1, 0.15) is 0 Å². The number of nitrogens with one attached hydrogen (secondary N) is 2. The molecule has 2 rings (SSSR count). The zero-order chi connectivity index (χ0) is 17.7. The maximum Gasteiger partial charge on any atom is 0.319 e. The Balaban J connectivity index is 1.79. The molecule has 0 radical (unpaired) electrons. The molecule has 0 spiro atoms. The minimum atomic E-state index is -0.808. The van der Waals surface area contributed by atoms with Crippen LogP contribution in [0.2, 0.25) is 0 Å². The van der Waals surface area contributed by atoms with E-state index in [1.807, 2.05) is 30.0 Å². The van der Waals surface area contributed by atoms with Crippen molar-refractivity contribution < 1.29 is 14.7 Å².